The molecule has 0 aromatic rings. The zero-order chi connectivity index (χ0) is 10.9. The first-order chi connectivity index (χ1) is 6.74. The third-order valence-electron chi connectivity index (χ3n) is 2.17. The quantitative estimate of drug-likeness (QED) is 0.472. The van der Waals surface area contributed by atoms with E-state index in [1.165, 1.54) is 0 Å². The highest BCUT2D eigenvalue weighted by molar-refractivity contribution is 6.60. The second-order valence-electron chi connectivity index (χ2n) is 3.12. The first kappa shape index (κ1) is 14.1. The second-order valence-corrected chi connectivity index (χ2v) is 6.09. The van der Waals surface area contributed by atoms with Crippen LogP contribution in [-0.2, 0) is 13.3 Å². The fraction of sp³-hybridized carbons (Fsp3) is 1.00. The van der Waals surface area contributed by atoms with Gasteiger partial charge in [0.2, 0.25) is 0 Å². The molecule has 0 bridgehead atoms. The van der Waals surface area contributed by atoms with Gasteiger partial charge in [-0.2, -0.15) is 0 Å². The van der Waals surface area contributed by atoms with Gasteiger partial charge in [-0.1, -0.05) is 6.42 Å². The molecule has 0 saturated carbocycles. The summed E-state index contributed by atoms with van der Waals surface area (Å²) >= 11 is 0. The normalized spacial score (nSPS) is 12.0. The van der Waals surface area contributed by atoms with E-state index in [-0.39, 0.29) is 0 Å². The molecule has 0 aliphatic heterocycles. The van der Waals surface area contributed by atoms with Gasteiger partial charge in [0, 0.05) is 26.9 Å². The molecule has 4 nitrogen and oxygen atoms in total. The van der Waals surface area contributed by atoms with Crippen LogP contribution in [0.3, 0.4) is 0 Å². The molecular formula is C9H23NO3Si. The molecule has 5 heteroatoms. The van der Waals surface area contributed by atoms with E-state index in [0.717, 1.165) is 31.9 Å². The van der Waals surface area contributed by atoms with E-state index in [1.54, 1.807) is 14.2 Å². The van der Waals surface area contributed by atoms with Crippen molar-refractivity contribution in [1.29, 1.82) is 0 Å². The molecule has 0 aromatic heterocycles. The predicted octanol–water partition coefficient (Wildman–Crippen LogP) is 1.38. The van der Waals surface area contributed by atoms with E-state index < -0.39 is 8.80 Å². The van der Waals surface area contributed by atoms with Crippen LogP contribution in [0.4, 0.5) is 0 Å². The van der Waals surface area contributed by atoms with Crippen molar-refractivity contribution in [2.75, 3.05) is 27.4 Å². The Morgan fingerprint density at radius 3 is 2.14 bits per heavy atom. The van der Waals surface area contributed by atoms with E-state index in [4.69, 9.17) is 19.0 Å². The summed E-state index contributed by atoms with van der Waals surface area (Å²) in [6.45, 7) is 3.35. The van der Waals surface area contributed by atoms with Gasteiger partial charge in [-0.3, -0.25) is 0 Å². The van der Waals surface area contributed by atoms with E-state index in [9.17, 15) is 0 Å². The van der Waals surface area contributed by atoms with Crippen molar-refractivity contribution in [2.45, 2.75) is 32.2 Å². The lowest BCUT2D eigenvalue weighted by molar-refractivity contribution is 0.103. The molecule has 14 heavy (non-hydrogen) atoms. The standard InChI is InChI=1S/C9H23NO3Si/c1-4-13-14(11-2,12-3)9-7-5-6-8-10/h4-10H2,1-3H3. The highest BCUT2D eigenvalue weighted by Gasteiger charge is 2.37. The molecule has 2 N–H and O–H groups in total. The van der Waals surface area contributed by atoms with Crippen LogP contribution in [0.15, 0.2) is 0 Å². The lowest BCUT2D eigenvalue weighted by atomic mass is 10.2. The number of unbranched alkanes of at least 4 members (excludes halogenated alkanes) is 2. The molecule has 0 amide bonds. The fourth-order valence-corrected chi connectivity index (χ4v) is 3.44. The summed E-state index contributed by atoms with van der Waals surface area (Å²) in [5, 5.41) is 0. The minimum absolute atomic E-state index is 0.644. The maximum absolute atomic E-state index is 5.57. The smallest absolute Gasteiger partial charge is 0.377 e. The Hall–Kier alpha value is 0.0569. The Balaban J connectivity index is 3.82. The zero-order valence-corrected chi connectivity index (χ0v) is 10.5. The molecular weight excluding hydrogens is 198 g/mol. The molecule has 0 saturated heterocycles. The number of hydrogen-bond donors (Lipinski definition) is 1. The Bertz CT molecular complexity index is 131. The third kappa shape index (κ3) is 5.07. The lowest BCUT2D eigenvalue weighted by Crippen LogP contribution is -2.43. The summed E-state index contributed by atoms with van der Waals surface area (Å²) in [7, 11) is 0.988. The molecule has 0 heterocycles. The molecule has 0 aliphatic rings. The Morgan fingerprint density at radius 2 is 1.71 bits per heavy atom. The number of rotatable bonds is 9. The Labute approximate surface area is 88.1 Å². The van der Waals surface area contributed by atoms with Gasteiger partial charge in [-0.05, 0) is 26.3 Å². The summed E-state index contributed by atoms with van der Waals surface area (Å²) in [4.78, 5) is 0. The van der Waals surface area contributed by atoms with Crippen LogP contribution < -0.4 is 5.73 Å². The highest BCUT2D eigenvalue weighted by atomic mass is 28.4. The van der Waals surface area contributed by atoms with Crippen molar-refractivity contribution in [1.82, 2.24) is 0 Å². The van der Waals surface area contributed by atoms with E-state index in [1.807, 2.05) is 6.92 Å². The Kier molecular flexibility index (Phi) is 8.41. The van der Waals surface area contributed by atoms with Gasteiger partial charge >= 0.3 is 8.80 Å². The lowest BCUT2D eigenvalue weighted by Gasteiger charge is -2.25. The summed E-state index contributed by atoms with van der Waals surface area (Å²) < 4.78 is 16.3. The highest BCUT2D eigenvalue weighted by Crippen LogP contribution is 2.17. The van der Waals surface area contributed by atoms with Crippen molar-refractivity contribution in [3.8, 4) is 0 Å². The molecule has 0 unspecified atom stereocenters. The minimum atomic E-state index is -2.33. The van der Waals surface area contributed by atoms with Crippen molar-refractivity contribution >= 4 is 8.80 Å². The van der Waals surface area contributed by atoms with Gasteiger partial charge in [0.1, 0.15) is 0 Å². The average Bonchev–Trinajstić information content (AvgIpc) is 2.23. The average molecular weight is 221 g/mol. The molecule has 0 fully saturated rings. The summed E-state index contributed by atoms with van der Waals surface area (Å²) in [5.74, 6) is 0. The number of nitrogens with two attached hydrogens (primary N) is 1. The van der Waals surface area contributed by atoms with Gasteiger partial charge in [0.05, 0.1) is 0 Å². The van der Waals surface area contributed by atoms with Gasteiger partial charge < -0.3 is 19.0 Å². The van der Waals surface area contributed by atoms with Crippen LogP contribution in [0, 0.1) is 0 Å². The molecule has 0 rings (SSSR count). The van der Waals surface area contributed by atoms with Crippen molar-refractivity contribution in [3.63, 3.8) is 0 Å². The monoisotopic (exact) mass is 221 g/mol. The maximum atomic E-state index is 5.57. The van der Waals surface area contributed by atoms with Gasteiger partial charge in [0.15, 0.2) is 0 Å². The van der Waals surface area contributed by atoms with E-state index in [0.29, 0.717) is 6.61 Å². The van der Waals surface area contributed by atoms with Gasteiger partial charge in [0.25, 0.3) is 0 Å². The molecule has 0 atom stereocenters. The van der Waals surface area contributed by atoms with Crippen molar-refractivity contribution < 1.29 is 13.3 Å². The minimum Gasteiger partial charge on any atom is -0.377 e. The second kappa shape index (κ2) is 8.37. The van der Waals surface area contributed by atoms with Crippen molar-refractivity contribution in [3.05, 3.63) is 0 Å². The van der Waals surface area contributed by atoms with Gasteiger partial charge in [-0.25, -0.2) is 0 Å². The van der Waals surface area contributed by atoms with Crippen molar-refractivity contribution in [2.24, 2.45) is 5.73 Å². The predicted molar refractivity (Wildman–Crippen MR) is 59.1 cm³/mol. The fourth-order valence-electron chi connectivity index (χ4n) is 1.36. The van der Waals surface area contributed by atoms with Crippen LogP contribution in [-0.4, -0.2) is 36.2 Å². The van der Waals surface area contributed by atoms with Crippen LogP contribution in [0.25, 0.3) is 0 Å². The van der Waals surface area contributed by atoms with E-state index >= 15 is 0 Å². The van der Waals surface area contributed by atoms with Crippen LogP contribution in [0.1, 0.15) is 26.2 Å². The Morgan fingerprint density at radius 1 is 1.07 bits per heavy atom. The molecule has 0 aromatic carbocycles. The molecule has 0 aliphatic carbocycles. The van der Waals surface area contributed by atoms with E-state index in [2.05, 4.69) is 0 Å². The summed E-state index contributed by atoms with van der Waals surface area (Å²) in [5.41, 5.74) is 5.42. The topological polar surface area (TPSA) is 53.7 Å². The first-order valence-electron chi connectivity index (χ1n) is 5.19. The maximum Gasteiger partial charge on any atom is 0.500 e. The molecule has 86 valence electrons. The molecule has 0 radical (unpaired) electrons. The number of hydrogen-bond acceptors (Lipinski definition) is 4. The third-order valence-corrected chi connectivity index (χ3v) is 5.11. The summed E-state index contributed by atoms with van der Waals surface area (Å²) in [6, 6.07) is 0.883. The first-order valence-corrected chi connectivity index (χ1v) is 7.12. The van der Waals surface area contributed by atoms with Crippen LogP contribution >= 0.6 is 0 Å². The van der Waals surface area contributed by atoms with Crippen LogP contribution in [0.2, 0.25) is 6.04 Å². The SMILES string of the molecule is CCO[Si](CCCCCN)(OC)OC. The molecule has 0 spiro atoms. The van der Waals surface area contributed by atoms with Gasteiger partial charge in [-0.15, -0.1) is 0 Å². The largest absolute Gasteiger partial charge is 0.500 e. The van der Waals surface area contributed by atoms with Crippen LogP contribution in [0.5, 0.6) is 0 Å². The zero-order valence-electron chi connectivity index (χ0n) is 9.54. The summed E-state index contributed by atoms with van der Waals surface area (Å²) in [6.07, 6.45) is 3.24.